The van der Waals surface area contributed by atoms with Crippen molar-refractivity contribution in [1.29, 1.82) is 0 Å². The standard InChI is InChI=1S/C19H20N2O5/c1-13(18(23)21-14-8-4-3-5-9-14)26-17(22)12-20-19(24)15-10-6-7-11-16(15)25-2/h3-11,13H,12H2,1-2H3,(H,20,24)(H,21,23)/t13-/m0/s1. The molecule has 0 aromatic heterocycles. The van der Waals surface area contributed by atoms with Crippen molar-refractivity contribution in [2.45, 2.75) is 13.0 Å². The Bertz CT molecular complexity index is 777. The zero-order valence-electron chi connectivity index (χ0n) is 14.5. The summed E-state index contributed by atoms with van der Waals surface area (Å²) in [4.78, 5) is 36.0. The number of rotatable bonds is 7. The summed E-state index contributed by atoms with van der Waals surface area (Å²) in [7, 11) is 1.45. The normalized spacial score (nSPS) is 11.2. The van der Waals surface area contributed by atoms with Crippen LogP contribution >= 0.6 is 0 Å². The lowest BCUT2D eigenvalue weighted by atomic mass is 10.2. The molecule has 0 aliphatic carbocycles. The second-order valence-electron chi connectivity index (χ2n) is 5.37. The topological polar surface area (TPSA) is 93.7 Å². The number of carbonyl (C=O) groups is 3. The lowest BCUT2D eigenvalue weighted by Crippen LogP contribution is -2.35. The van der Waals surface area contributed by atoms with Crippen LogP contribution in [0.1, 0.15) is 17.3 Å². The number of methoxy groups -OCH3 is 1. The van der Waals surface area contributed by atoms with E-state index >= 15 is 0 Å². The van der Waals surface area contributed by atoms with Gasteiger partial charge in [-0.25, -0.2) is 0 Å². The van der Waals surface area contributed by atoms with Gasteiger partial charge in [0, 0.05) is 5.69 Å². The molecule has 2 N–H and O–H groups in total. The number of hydrogen-bond acceptors (Lipinski definition) is 5. The molecule has 0 aliphatic rings. The fourth-order valence-corrected chi connectivity index (χ4v) is 2.14. The third kappa shape index (κ3) is 5.34. The molecule has 0 radical (unpaired) electrons. The van der Waals surface area contributed by atoms with E-state index in [4.69, 9.17) is 9.47 Å². The zero-order valence-corrected chi connectivity index (χ0v) is 14.5. The van der Waals surface area contributed by atoms with Crippen LogP contribution in [-0.4, -0.2) is 37.5 Å². The van der Waals surface area contributed by atoms with Crippen LogP contribution in [-0.2, 0) is 14.3 Å². The van der Waals surface area contributed by atoms with E-state index < -0.39 is 23.9 Å². The van der Waals surface area contributed by atoms with Crippen molar-refractivity contribution in [2.24, 2.45) is 0 Å². The average Bonchev–Trinajstić information content (AvgIpc) is 2.66. The molecular weight excluding hydrogens is 336 g/mol. The van der Waals surface area contributed by atoms with E-state index in [2.05, 4.69) is 10.6 Å². The van der Waals surface area contributed by atoms with Crippen LogP contribution in [0, 0.1) is 0 Å². The van der Waals surface area contributed by atoms with Crippen molar-refractivity contribution >= 4 is 23.5 Å². The van der Waals surface area contributed by atoms with Gasteiger partial charge >= 0.3 is 5.97 Å². The first-order valence-electron chi connectivity index (χ1n) is 7.98. The SMILES string of the molecule is COc1ccccc1C(=O)NCC(=O)O[C@@H](C)C(=O)Nc1ccccc1. The monoisotopic (exact) mass is 356 g/mol. The van der Waals surface area contributed by atoms with Crippen molar-refractivity contribution in [3.8, 4) is 5.75 Å². The van der Waals surface area contributed by atoms with Crippen LogP contribution in [0.25, 0.3) is 0 Å². The summed E-state index contributed by atoms with van der Waals surface area (Å²) in [6.45, 7) is 1.10. The fraction of sp³-hybridized carbons (Fsp3) is 0.211. The maximum atomic E-state index is 12.1. The number of ether oxygens (including phenoxy) is 2. The molecule has 2 amide bonds. The molecule has 7 heteroatoms. The van der Waals surface area contributed by atoms with Crippen LogP contribution in [0.3, 0.4) is 0 Å². The van der Waals surface area contributed by atoms with Crippen molar-refractivity contribution in [3.05, 3.63) is 60.2 Å². The maximum absolute atomic E-state index is 12.1. The number of hydrogen-bond donors (Lipinski definition) is 2. The zero-order chi connectivity index (χ0) is 18.9. The van der Waals surface area contributed by atoms with E-state index in [0.717, 1.165) is 0 Å². The second kappa shape index (κ2) is 9.22. The van der Waals surface area contributed by atoms with Crippen molar-refractivity contribution in [3.63, 3.8) is 0 Å². The minimum atomic E-state index is -0.995. The minimum absolute atomic E-state index is 0.303. The first-order valence-corrected chi connectivity index (χ1v) is 7.98. The van der Waals surface area contributed by atoms with Gasteiger partial charge < -0.3 is 20.1 Å². The number of nitrogens with one attached hydrogen (secondary N) is 2. The average molecular weight is 356 g/mol. The summed E-state index contributed by atoms with van der Waals surface area (Å²) < 4.78 is 10.1. The smallest absolute Gasteiger partial charge is 0.326 e. The highest BCUT2D eigenvalue weighted by atomic mass is 16.5. The third-order valence-electron chi connectivity index (χ3n) is 3.46. The van der Waals surface area contributed by atoms with Crippen LogP contribution in [0.5, 0.6) is 5.75 Å². The molecule has 0 saturated heterocycles. The Morgan fingerprint density at radius 2 is 1.65 bits per heavy atom. The minimum Gasteiger partial charge on any atom is -0.496 e. The highest BCUT2D eigenvalue weighted by Crippen LogP contribution is 2.16. The molecule has 2 aromatic carbocycles. The predicted molar refractivity (Wildman–Crippen MR) is 96.0 cm³/mol. The Morgan fingerprint density at radius 1 is 1.00 bits per heavy atom. The largest absolute Gasteiger partial charge is 0.496 e. The Morgan fingerprint density at radius 3 is 2.35 bits per heavy atom. The highest BCUT2D eigenvalue weighted by molar-refractivity contribution is 5.99. The van der Waals surface area contributed by atoms with Gasteiger partial charge in [-0.3, -0.25) is 14.4 Å². The number of para-hydroxylation sites is 2. The lowest BCUT2D eigenvalue weighted by Gasteiger charge is -2.14. The van der Waals surface area contributed by atoms with Crippen LogP contribution in [0.2, 0.25) is 0 Å². The summed E-state index contributed by atoms with van der Waals surface area (Å²) in [6, 6.07) is 15.5. The third-order valence-corrected chi connectivity index (χ3v) is 3.46. The predicted octanol–water partition coefficient (Wildman–Crippen LogP) is 2.00. The number of benzene rings is 2. The lowest BCUT2D eigenvalue weighted by molar-refractivity contribution is -0.152. The van der Waals surface area contributed by atoms with Gasteiger partial charge in [0.25, 0.3) is 11.8 Å². The Balaban J connectivity index is 1.82. The summed E-state index contributed by atoms with van der Waals surface area (Å²) >= 11 is 0. The summed E-state index contributed by atoms with van der Waals surface area (Å²) in [6.07, 6.45) is -0.995. The molecule has 1 atom stereocenters. The van der Waals surface area contributed by atoms with Gasteiger partial charge in [-0.1, -0.05) is 30.3 Å². The number of anilines is 1. The van der Waals surface area contributed by atoms with Crippen LogP contribution in [0.15, 0.2) is 54.6 Å². The maximum Gasteiger partial charge on any atom is 0.326 e. The van der Waals surface area contributed by atoms with E-state index in [1.807, 2.05) is 6.07 Å². The van der Waals surface area contributed by atoms with Gasteiger partial charge in [0.15, 0.2) is 6.10 Å². The van der Waals surface area contributed by atoms with Crippen molar-refractivity contribution < 1.29 is 23.9 Å². The molecule has 0 aliphatic heterocycles. The molecule has 0 unspecified atom stereocenters. The Kier molecular flexibility index (Phi) is 6.73. The van der Waals surface area contributed by atoms with Crippen molar-refractivity contribution in [1.82, 2.24) is 5.32 Å². The summed E-state index contributed by atoms with van der Waals surface area (Å²) in [5, 5.41) is 5.08. The number of carbonyl (C=O) groups excluding carboxylic acids is 3. The van der Waals surface area contributed by atoms with Gasteiger partial charge in [-0.15, -0.1) is 0 Å². The van der Waals surface area contributed by atoms with E-state index in [1.165, 1.54) is 14.0 Å². The highest BCUT2D eigenvalue weighted by Gasteiger charge is 2.19. The summed E-state index contributed by atoms with van der Waals surface area (Å²) in [5.74, 6) is -1.25. The molecule has 26 heavy (non-hydrogen) atoms. The number of esters is 1. The fourth-order valence-electron chi connectivity index (χ4n) is 2.14. The first-order chi connectivity index (χ1) is 12.5. The van der Waals surface area contributed by atoms with Gasteiger partial charge in [0.2, 0.25) is 0 Å². The molecular formula is C19H20N2O5. The van der Waals surface area contributed by atoms with Crippen LogP contribution in [0.4, 0.5) is 5.69 Å². The molecule has 0 fully saturated rings. The molecule has 2 rings (SSSR count). The van der Waals surface area contributed by atoms with Gasteiger partial charge in [-0.05, 0) is 31.2 Å². The van der Waals surface area contributed by atoms with Gasteiger partial charge in [-0.2, -0.15) is 0 Å². The molecule has 0 spiro atoms. The van der Waals surface area contributed by atoms with Gasteiger partial charge in [0.05, 0.1) is 12.7 Å². The molecule has 0 heterocycles. The van der Waals surface area contributed by atoms with Gasteiger partial charge in [0.1, 0.15) is 12.3 Å². The molecule has 2 aromatic rings. The Hall–Kier alpha value is -3.35. The molecule has 0 bridgehead atoms. The van der Waals surface area contributed by atoms with E-state index in [0.29, 0.717) is 17.0 Å². The Labute approximate surface area is 151 Å². The van der Waals surface area contributed by atoms with Crippen LogP contribution < -0.4 is 15.4 Å². The van der Waals surface area contributed by atoms with E-state index in [-0.39, 0.29) is 6.54 Å². The van der Waals surface area contributed by atoms with Crippen molar-refractivity contribution in [2.75, 3.05) is 19.0 Å². The molecule has 136 valence electrons. The van der Waals surface area contributed by atoms with E-state index in [1.54, 1.807) is 48.5 Å². The quantitative estimate of drug-likeness (QED) is 0.740. The number of amides is 2. The van der Waals surface area contributed by atoms with E-state index in [9.17, 15) is 14.4 Å². The summed E-state index contributed by atoms with van der Waals surface area (Å²) in [5.41, 5.74) is 0.905. The molecule has 7 nitrogen and oxygen atoms in total. The molecule has 0 saturated carbocycles. The first kappa shape index (κ1) is 19.0. The second-order valence-corrected chi connectivity index (χ2v) is 5.37.